The summed E-state index contributed by atoms with van der Waals surface area (Å²) in [4.78, 5) is 32.9. The Morgan fingerprint density at radius 3 is 2.19 bits per heavy atom. The van der Waals surface area contributed by atoms with Gasteiger partial charge in [-0.3, -0.25) is 14.5 Å². The van der Waals surface area contributed by atoms with Gasteiger partial charge in [0.1, 0.15) is 17.3 Å². The predicted octanol–water partition coefficient (Wildman–Crippen LogP) is 6.03. The zero-order valence-corrected chi connectivity index (χ0v) is 21.5. The van der Waals surface area contributed by atoms with Crippen LogP contribution in [0.1, 0.15) is 36.6 Å². The van der Waals surface area contributed by atoms with Crippen LogP contribution in [-0.2, 0) is 9.59 Å². The van der Waals surface area contributed by atoms with Crippen LogP contribution in [0.4, 0.5) is 5.13 Å². The maximum atomic E-state index is 13.4. The van der Waals surface area contributed by atoms with E-state index in [1.54, 1.807) is 48.5 Å². The quantitative estimate of drug-likeness (QED) is 0.184. The molecule has 7 nitrogen and oxygen atoms in total. The molecule has 4 aromatic rings. The molecule has 1 saturated heterocycles. The van der Waals surface area contributed by atoms with E-state index < -0.39 is 17.7 Å². The standard InChI is InChI=1S/C29H26N2O5S/c1-4-35-20-11-7-18(8-12-20)25-24(26(32)19-9-13-21(14-10-19)36-5-2)27(33)28(34)31(25)29-30-22-15-6-17(3)16-23(22)37-29/h6-16,25,32H,4-5H2,1-3H3. The number of fused-ring (bicyclic) bond motifs is 1. The fourth-order valence-corrected chi connectivity index (χ4v) is 5.50. The fourth-order valence-electron chi connectivity index (χ4n) is 4.41. The van der Waals surface area contributed by atoms with Crippen LogP contribution in [0.25, 0.3) is 16.0 Å². The molecule has 188 valence electrons. The lowest BCUT2D eigenvalue weighted by molar-refractivity contribution is -0.132. The minimum Gasteiger partial charge on any atom is -0.507 e. The highest BCUT2D eigenvalue weighted by Gasteiger charge is 2.48. The normalized spacial score (nSPS) is 16.9. The first-order valence-corrected chi connectivity index (χ1v) is 12.9. The Morgan fingerprint density at radius 2 is 1.57 bits per heavy atom. The Morgan fingerprint density at radius 1 is 0.946 bits per heavy atom. The van der Waals surface area contributed by atoms with Gasteiger partial charge in [0.15, 0.2) is 5.13 Å². The number of ether oxygens (including phenoxy) is 2. The molecule has 1 aromatic heterocycles. The Balaban J connectivity index is 1.66. The average molecular weight is 515 g/mol. The molecule has 1 atom stereocenters. The molecule has 0 spiro atoms. The molecule has 5 rings (SSSR count). The van der Waals surface area contributed by atoms with Crippen molar-refractivity contribution in [2.24, 2.45) is 0 Å². The summed E-state index contributed by atoms with van der Waals surface area (Å²) in [6, 6.07) is 19.0. The van der Waals surface area contributed by atoms with Gasteiger partial charge in [-0.25, -0.2) is 4.98 Å². The SMILES string of the molecule is CCOc1ccc(C(O)=C2C(=O)C(=O)N(c3nc4ccc(C)cc4s3)C2c2ccc(OCC)cc2)cc1. The van der Waals surface area contributed by atoms with E-state index in [0.717, 1.165) is 15.8 Å². The van der Waals surface area contributed by atoms with E-state index in [1.807, 2.05) is 39.0 Å². The van der Waals surface area contributed by atoms with Crippen LogP contribution in [0.2, 0.25) is 0 Å². The lowest BCUT2D eigenvalue weighted by Gasteiger charge is -2.23. The van der Waals surface area contributed by atoms with Crippen molar-refractivity contribution in [3.63, 3.8) is 0 Å². The topological polar surface area (TPSA) is 89.0 Å². The number of Topliss-reactive ketones (excluding diaryl/α,β-unsaturated/α-hetero) is 1. The van der Waals surface area contributed by atoms with Gasteiger partial charge in [0.05, 0.1) is 35.0 Å². The van der Waals surface area contributed by atoms with Gasteiger partial charge in [-0.05, 0) is 80.4 Å². The Bertz CT molecular complexity index is 1510. The van der Waals surface area contributed by atoms with Crippen molar-refractivity contribution < 1.29 is 24.2 Å². The fraction of sp³-hybridized carbons (Fsp3) is 0.207. The number of thiazole rings is 1. The van der Waals surface area contributed by atoms with Crippen LogP contribution >= 0.6 is 11.3 Å². The average Bonchev–Trinajstić information content (AvgIpc) is 3.42. The van der Waals surface area contributed by atoms with Crippen molar-refractivity contribution in [2.75, 3.05) is 18.1 Å². The van der Waals surface area contributed by atoms with E-state index in [-0.39, 0.29) is 11.3 Å². The van der Waals surface area contributed by atoms with E-state index in [4.69, 9.17) is 9.47 Å². The largest absolute Gasteiger partial charge is 0.507 e. The number of rotatable bonds is 7. The number of benzene rings is 3. The molecule has 1 N–H and O–H groups in total. The smallest absolute Gasteiger partial charge is 0.301 e. The second kappa shape index (κ2) is 10.1. The van der Waals surface area contributed by atoms with E-state index in [9.17, 15) is 14.7 Å². The third-order valence-electron chi connectivity index (χ3n) is 6.13. The second-order valence-electron chi connectivity index (χ2n) is 8.60. The van der Waals surface area contributed by atoms with Crippen LogP contribution in [0, 0.1) is 6.92 Å². The summed E-state index contributed by atoms with van der Waals surface area (Å²) in [6.45, 7) is 6.79. The number of aryl methyl sites for hydroxylation is 1. The van der Waals surface area contributed by atoms with Gasteiger partial charge in [-0.2, -0.15) is 0 Å². The lowest BCUT2D eigenvalue weighted by atomic mass is 9.95. The summed E-state index contributed by atoms with van der Waals surface area (Å²) in [7, 11) is 0. The number of hydrogen-bond donors (Lipinski definition) is 1. The maximum absolute atomic E-state index is 13.4. The molecule has 0 aliphatic carbocycles. The van der Waals surface area contributed by atoms with E-state index in [2.05, 4.69) is 4.98 Å². The number of amides is 1. The molecule has 3 aromatic carbocycles. The summed E-state index contributed by atoms with van der Waals surface area (Å²) in [5, 5.41) is 11.7. The number of aromatic nitrogens is 1. The first kappa shape index (κ1) is 24.5. The number of carbonyl (C=O) groups excluding carboxylic acids is 2. The van der Waals surface area contributed by atoms with Crippen molar-refractivity contribution in [1.29, 1.82) is 0 Å². The zero-order valence-electron chi connectivity index (χ0n) is 20.7. The van der Waals surface area contributed by atoms with Crippen molar-refractivity contribution in [2.45, 2.75) is 26.8 Å². The van der Waals surface area contributed by atoms with E-state index in [0.29, 0.717) is 41.0 Å². The monoisotopic (exact) mass is 514 g/mol. The van der Waals surface area contributed by atoms with Gasteiger partial charge in [-0.1, -0.05) is 29.5 Å². The van der Waals surface area contributed by atoms with Crippen LogP contribution in [0.3, 0.4) is 0 Å². The number of hydrogen-bond acceptors (Lipinski definition) is 7. The Labute approximate surface area is 218 Å². The summed E-state index contributed by atoms with van der Waals surface area (Å²) >= 11 is 1.34. The highest BCUT2D eigenvalue weighted by molar-refractivity contribution is 7.22. The lowest BCUT2D eigenvalue weighted by Crippen LogP contribution is -2.29. The molecular formula is C29H26N2O5S. The van der Waals surface area contributed by atoms with Gasteiger partial charge in [0, 0.05) is 5.56 Å². The number of carbonyl (C=O) groups is 2. The van der Waals surface area contributed by atoms with E-state index >= 15 is 0 Å². The highest BCUT2D eigenvalue weighted by Crippen LogP contribution is 2.44. The molecule has 1 aliphatic rings. The molecule has 0 saturated carbocycles. The minimum atomic E-state index is -0.857. The number of aliphatic hydroxyl groups is 1. The van der Waals surface area contributed by atoms with Gasteiger partial charge in [-0.15, -0.1) is 0 Å². The molecule has 37 heavy (non-hydrogen) atoms. The molecule has 1 amide bonds. The molecule has 0 bridgehead atoms. The summed E-state index contributed by atoms with van der Waals surface area (Å²) in [5.74, 6) is -0.430. The first-order valence-electron chi connectivity index (χ1n) is 12.1. The molecule has 1 fully saturated rings. The highest BCUT2D eigenvalue weighted by atomic mass is 32.1. The van der Waals surface area contributed by atoms with Crippen molar-refractivity contribution in [1.82, 2.24) is 4.98 Å². The number of nitrogens with zero attached hydrogens (tertiary/aromatic N) is 2. The molecule has 1 unspecified atom stereocenters. The third-order valence-corrected chi connectivity index (χ3v) is 7.15. The van der Waals surface area contributed by atoms with Crippen molar-refractivity contribution in [3.05, 3.63) is 89.0 Å². The molecule has 8 heteroatoms. The number of ketones is 1. The zero-order chi connectivity index (χ0) is 26.1. The van der Waals surface area contributed by atoms with E-state index in [1.165, 1.54) is 16.2 Å². The Hall–Kier alpha value is -4.17. The van der Waals surface area contributed by atoms with Gasteiger partial charge in [0.2, 0.25) is 0 Å². The summed E-state index contributed by atoms with van der Waals surface area (Å²) < 4.78 is 12.0. The molecule has 1 aliphatic heterocycles. The number of anilines is 1. The van der Waals surface area contributed by atoms with Crippen molar-refractivity contribution >= 4 is 44.1 Å². The van der Waals surface area contributed by atoms with Crippen LogP contribution in [-0.4, -0.2) is 35.0 Å². The maximum Gasteiger partial charge on any atom is 0.301 e. The third kappa shape index (κ3) is 4.56. The minimum absolute atomic E-state index is 0.00811. The molecule has 0 radical (unpaired) electrons. The van der Waals surface area contributed by atoms with Gasteiger partial charge >= 0.3 is 5.91 Å². The summed E-state index contributed by atoms with van der Waals surface area (Å²) in [5.41, 5.74) is 2.89. The second-order valence-corrected chi connectivity index (χ2v) is 9.61. The van der Waals surface area contributed by atoms with Gasteiger partial charge in [0.25, 0.3) is 5.78 Å². The van der Waals surface area contributed by atoms with Crippen LogP contribution in [0.5, 0.6) is 11.5 Å². The van der Waals surface area contributed by atoms with Crippen molar-refractivity contribution in [3.8, 4) is 11.5 Å². The predicted molar refractivity (Wildman–Crippen MR) is 144 cm³/mol. The first-order chi connectivity index (χ1) is 17.9. The van der Waals surface area contributed by atoms with Gasteiger partial charge < -0.3 is 14.6 Å². The molecule has 2 heterocycles. The molecular weight excluding hydrogens is 488 g/mol. The van der Waals surface area contributed by atoms with Crippen LogP contribution in [0.15, 0.2) is 72.3 Å². The van der Waals surface area contributed by atoms with Crippen LogP contribution < -0.4 is 14.4 Å². The summed E-state index contributed by atoms with van der Waals surface area (Å²) in [6.07, 6.45) is 0. The number of aliphatic hydroxyl groups excluding tert-OH is 1. The Kier molecular flexibility index (Phi) is 6.67.